The summed E-state index contributed by atoms with van der Waals surface area (Å²) in [5.74, 6) is 0.740. The summed E-state index contributed by atoms with van der Waals surface area (Å²) >= 11 is 2.92. The first-order chi connectivity index (χ1) is 14.1. The molecule has 1 fully saturated rings. The van der Waals surface area contributed by atoms with Gasteiger partial charge in [0.25, 0.3) is 0 Å². The Bertz CT molecular complexity index is 917. The largest absolute Gasteiger partial charge is 0.462 e. The van der Waals surface area contributed by atoms with Gasteiger partial charge < -0.3 is 14.6 Å². The molecule has 156 valence electrons. The van der Waals surface area contributed by atoms with Gasteiger partial charge in [-0.1, -0.05) is 18.7 Å². The van der Waals surface area contributed by atoms with E-state index in [9.17, 15) is 9.59 Å². The van der Waals surface area contributed by atoms with Crippen molar-refractivity contribution in [1.29, 1.82) is 0 Å². The average Bonchev–Trinajstić information content (AvgIpc) is 3.36. The number of thioether (sulfide) groups is 1. The third-order valence-corrected chi connectivity index (χ3v) is 7.35. The lowest BCUT2D eigenvalue weighted by atomic mass is 9.95. The van der Waals surface area contributed by atoms with Crippen molar-refractivity contribution >= 4 is 40.0 Å². The minimum absolute atomic E-state index is 0.137. The van der Waals surface area contributed by atoms with E-state index in [0.717, 1.165) is 61.5 Å². The smallest absolute Gasteiger partial charge is 0.341 e. The molecule has 1 N–H and O–H groups in total. The Morgan fingerprint density at radius 2 is 2.03 bits per heavy atom. The van der Waals surface area contributed by atoms with Crippen molar-refractivity contribution in [2.75, 3.05) is 17.7 Å². The molecule has 1 saturated carbocycles. The molecule has 2 aliphatic rings. The zero-order chi connectivity index (χ0) is 20.4. The highest BCUT2D eigenvalue weighted by atomic mass is 32.2. The van der Waals surface area contributed by atoms with E-state index in [1.807, 2.05) is 0 Å². The summed E-state index contributed by atoms with van der Waals surface area (Å²) in [6, 6.07) is 0.477. The minimum atomic E-state index is -0.337. The van der Waals surface area contributed by atoms with Crippen LogP contribution >= 0.6 is 23.1 Å². The second-order valence-corrected chi connectivity index (χ2v) is 9.37. The Morgan fingerprint density at radius 3 is 2.76 bits per heavy atom. The van der Waals surface area contributed by atoms with Crippen LogP contribution in [-0.4, -0.2) is 39.0 Å². The molecular weight excluding hydrogens is 408 g/mol. The minimum Gasteiger partial charge on any atom is -0.462 e. The predicted octanol–water partition coefficient (Wildman–Crippen LogP) is 4.02. The molecule has 2 aromatic rings. The van der Waals surface area contributed by atoms with E-state index in [2.05, 4.69) is 27.0 Å². The van der Waals surface area contributed by atoms with Crippen molar-refractivity contribution in [3.8, 4) is 0 Å². The lowest BCUT2D eigenvalue weighted by molar-refractivity contribution is -0.113. The van der Waals surface area contributed by atoms with Gasteiger partial charge in [0.15, 0.2) is 5.16 Å². The van der Waals surface area contributed by atoms with Crippen molar-refractivity contribution in [3.63, 3.8) is 0 Å². The number of rotatable bonds is 8. The molecule has 1 amide bonds. The standard InChI is InChI=1S/C20H26N4O3S2/c1-3-15-22-23-20(24(15)12-9-10-12)28-11-16(25)21-18-17(19(26)27-4-2)13-7-5-6-8-14(13)29-18/h12H,3-11H2,1-2H3,(H,21,25). The molecule has 0 atom stereocenters. The first kappa shape index (κ1) is 20.4. The van der Waals surface area contributed by atoms with Gasteiger partial charge in [0, 0.05) is 17.3 Å². The quantitative estimate of drug-likeness (QED) is 0.499. The van der Waals surface area contributed by atoms with E-state index in [1.165, 1.54) is 28.0 Å². The Hall–Kier alpha value is -1.87. The van der Waals surface area contributed by atoms with Crippen molar-refractivity contribution in [2.24, 2.45) is 0 Å². The second-order valence-electron chi connectivity index (χ2n) is 7.33. The number of nitrogens with zero attached hydrogens (tertiary/aromatic N) is 3. The summed E-state index contributed by atoms with van der Waals surface area (Å²) in [6.45, 7) is 4.19. The van der Waals surface area contributed by atoms with E-state index in [0.29, 0.717) is 23.2 Å². The number of thiophene rings is 1. The van der Waals surface area contributed by atoms with Gasteiger partial charge >= 0.3 is 5.97 Å². The third-order valence-electron chi connectivity index (χ3n) is 5.20. The molecule has 2 aromatic heterocycles. The van der Waals surface area contributed by atoms with Crippen LogP contribution in [0.2, 0.25) is 0 Å². The summed E-state index contributed by atoms with van der Waals surface area (Å²) in [5, 5.41) is 12.9. The predicted molar refractivity (Wildman–Crippen MR) is 114 cm³/mol. The van der Waals surface area contributed by atoms with Crippen LogP contribution in [0, 0.1) is 0 Å². The number of hydrogen-bond acceptors (Lipinski definition) is 7. The number of aromatic nitrogens is 3. The Kier molecular flexibility index (Phi) is 6.24. The van der Waals surface area contributed by atoms with Crippen LogP contribution in [0.3, 0.4) is 0 Å². The molecule has 0 aromatic carbocycles. The fraction of sp³-hybridized carbons (Fsp3) is 0.600. The number of ether oxygens (including phenoxy) is 1. The topological polar surface area (TPSA) is 86.1 Å². The molecule has 0 aliphatic heterocycles. The maximum atomic E-state index is 12.7. The van der Waals surface area contributed by atoms with Gasteiger partial charge in [-0.3, -0.25) is 4.79 Å². The zero-order valence-corrected chi connectivity index (χ0v) is 18.5. The maximum absolute atomic E-state index is 12.7. The highest BCUT2D eigenvalue weighted by molar-refractivity contribution is 7.99. The number of aryl methyl sites for hydroxylation is 2. The molecular formula is C20H26N4O3S2. The number of fused-ring (bicyclic) bond motifs is 1. The highest BCUT2D eigenvalue weighted by Crippen LogP contribution is 2.40. The van der Waals surface area contributed by atoms with Crippen LogP contribution in [-0.2, 0) is 28.8 Å². The molecule has 0 bridgehead atoms. The van der Waals surface area contributed by atoms with Gasteiger partial charge in [0.05, 0.1) is 17.9 Å². The van der Waals surface area contributed by atoms with Crippen molar-refractivity contribution in [3.05, 3.63) is 21.8 Å². The number of esters is 1. The Labute approximate surface area is 178 Å². The molecule has 9 heteroatoms. The van der Waals surface area contributed by atoms with Crippen LogP contribution in [0.4, 0.5) is 5.00 Å². The van der Waals surface area contributed by atoms with Crippen molar-refractivity contribution in [1.82, 2.24) is 14.8 Å². The van der Waals surface area contributed by atoms with Crippen LogP contribution in [0.15, 0.2) is 5.16 Å². The van der Waals surface area contributed by atoms with Crippen LogP contribution in [0.1, 0.15) is 72.2 Å². The number of hydrogen-bond donors (Lipinski definition) is 1. The molecule has 7 nitrogen and oxygen atoms in total. The lowest BCUT2D eigenvalue weighted by Crippen LogP contribution is -2.17. The Balaban J connectivity index is 1.47. The molecule has 4 rings (SSSR count). The SMILES string of the molecule is CCOC(=O)c1c(NC(=O)CSc2nnc(CC)n2C2CC2)sc2c1CCCC2. The van der Waals surface area contributed by atoms with E-state index < -0.39 is 0 Å². The fourth-order valence-corrected chi connectivity index (χ4v) is 5.83. The molecule has 2 heterocycles. The summed E-state index contributed by atoms with van der Waals surface area (Å²) in [6.07, 6.45) is 7.14. The summed E-state index contributed by atoms with van der Waals surface area (Å²) in [5.41, 5.74) is 1.61. The van der Waals surface area contributed by atoms with Crippen molar-refractivity contribution < 1.29 is 14.3 Å². The zero-order valence-electron chi connectivity index (χ0n) is 16.8. The van der Waals surface area contributed by atoms with Crippen LogP contribution < -0.4 is 5.32 Å². The van der Waals surface area contributed by atoms with Gasteiger partial charge in [-0.25, -0.2) is 4.79 Å². The third kappa shape index (κ3) is 4.35. The number of nitrogens with one attached hydrogen (secondary N) is 1. The summed E-state index contributed by atoms with van der Waals surface area (Å²) in [7, 11) is 0. The lowest BCUT2D eigenvalue weighted by Gasteiger charge is -2.12. The van der Waals surface area contributed by atoms with Crippen LogP contribution in [0.5, 0.6) is 0 Å². The molecule has 2 aliphatic carbocycles. The normalized spacial score (nSPS) is 15.8. The second kappa shape index (κ2) is 8.87. The summed E-state index contributed by atoms with van der Waals surface area (Å²) in [4.78, 5) is 26.4. The molecule has 0 saturated heterocycles. The van der Waals surface area contributed by atoms with Gasteiger partial charge in [0.2, 0.25) is 5.91 Å². The monoisotopic (exact) mass is 434 g/mol. The highest BCUT2D eigenvalue weighted by Gasteiger charge is 2.30. The first-order valence-corrected chi connectivity index (χ1v) is 12.1. The van der Waals surface area contributed by atoms with E-state index in [-0.39, 0.29) is 17.6 Å². The van der Waals surface area contributed by atoms with Gasteiger partial charge in [-0.05, 0) is 51.0 Å². The molecule has 29 heavy (non-hydrogen) atoms. The molecule has 0 unspecified atom stereocenters. The van der Waals surface area contributed by atoms with Crippen molar-refractivity contribution in [2.45, 2.75) is 70.0 Å². The number of anilines is 1. The summed E-state index contributed by atoms with van der Waals surface area (Å²) < 4.78 is 7.43. The number of amides is 1. The maximum Gasteiger partial charge on any atom is 0.341 e. The van der Waals surface area contributed by atoms with Gasteiger partial charge in [-0.2, -0.15) is 0 Å². The van der Waals surface area contributed by atoms with Gasteiger partial charge in [-0.15, -0.1) is 21.5 Å². The first-order valence-electron chi connectivity index (χ1n) is 10.3. The Morgan fingerprint density at radius 1 is 1.24 bits per heavy atom. The number of carbonyl (C=O) groups is 2. The van der Waals surface area contributed by atoms with Crippen LogP contribution in [0.25, 0.3) is 0 Å². The van der Waals surface area contributed by atoms with E-state index in [4.69, 9.17) is 4.74 Å². The molecule has 0 spiro atoms. The fourth-order valence-electron chi connectivity index (χ4n) is 3.71. The average molecular weight is 435 g/mol. The number of carbonyl (C=O) groups excluding carboxylic acids is 2. The molecule has 0 radical (unpaired) electrons. The van der Waals surface area contributed by atoms with E-state index >= 15 is 0 Å². The van der Waals surface area contributed by atoms with Gasteiger partial charge in [0.1, 0.15) is 10.8 Å². The van der Waals surface area contributed by atoms with E-state index in [1.54, 1.807) is 6.92 Å².